The average molecular weight is 1530 g/mol. The molecule has 0 amide bonds. The normalized spacial score (nSPS) is 14.2. The highest BCUT2D eigenvalue weighted by atomic mass is 15.2. The molecule has 17 aromatic carbocycles. The fourth-order valence-corrected chi connectivity index (χ4v) is 20.7. The van der Waals surface area contributed by atoms with Crippen molar-refractivity contribution in [3.8, 4) is 72.4 Å². The fraction of sp³-hybridized carbons (Fsp3) is 0.105. The van der Waals surface area contributed by atoms with Gasteiger partial charge >= 0.3 is 0 Å². The predicted octanol–water partition coefficient (Wildman–Crippen LogP) is 31.2. The molecule has 0 fully saturated rings. The molecule has 0 N–H and O–H groups in total. The Morgan fingerprint density at radius 1 is 0.168 bits per heavy atom. The Balaban J connectivity index is 0.758. The Bertz CT molecular complexity index is 6370. The van der Waals surface area contributed by atoms with Crippen molar-refractivity contribution >= 4 is 90.1 Å². The van der Waals surface area contributed by atoms with Crippen molar-refractivity contribution in [2.75, 3.05) is 19.6 Å². The second-order valence-electron chi connectivity index (χ2n) is 34.9. The number of fused-ring (bicyclic) bond motifs is 15. The highest BCUT2D eigenvalue weighted by molar-refractivity contribution is 6.12. The van der Waals surface area contributed by atoms with Gasteiger partial charge in [0, 0.05) is 106 Å². The first-order chi connectivity index (χ1) is 58.0. The van der Waals surface area contributed by atoms with Crippen LogP contribution < -0.4 is 19.6 Å². The number of anilines is 12. The first kappa shape index (κ1) is 71.3. The number of hydrogen-bond acceptors (Lipinski definition) is 4. The highest BCUT2D eigenvalue weighted by Gasteiger charge is 2.41. The Labute approximate surface area is 697 Å². The van der Waals surface area contributed by atoms with Crippen LogP contribution >= 0.6 is 0 Å². The highest BCUT2D eigenvalue weighted by Crippen LogP contribution is 2.58. The SMILES string of the molecule is CC1(C)c2ccccc2-c2ccc(N(c3ccccc3)c3cc(-c4ccc5c6ccc(-c7cc(N(c8ccccc8)c8ccc9c(c8)C(C)(C)c8ccccc8-9)cc(N(c8ccccc8)c8ccc9c(c8)C(C)(C)c8ccccc8-9)c7)cc6n(-c6ccccc6)c5c4)cc(N(c4ccccc4)c4ccc5c(c4)C(C)(C)c4ccccc4-5)c3)cc21. The van der Waals surface area contributed by atoms with Crippen LogP contribution in [0.15, 0.2) is 394 Å². The third-order valence-corrected chi connectivity index (χ3v) is 26.6. The van der Waals surface area contributed by atoms with Crippen molar-refractivity contribution in [2.24, 2.45) is 0 Å². The first-order valence-corrected chi connectivity index (χ1v) is 41.9. The van der Waals surface area contributed by atoms with E-state index < -0.39 is 0 Å². The molecule has 18 aromatic rings. The second kappa shape index (κ2) is 27.2. The maximum absolute atomic E-state index is 2.51. The predicted molar refractivity (Wildman–Crippen MR) is 501 cm³/mol. The Hall–Kier alpha value is -14.3. The molecule has 1 heterocycles. The third-order valence-electron chi connectivity index (χ3n) is 26.6. The number of hydrogen-bond donors (Lipinski definition) is 0. The van der Waals surface area contributed by atoms with Crippen molar-refractivity contribution < 1.29 is 0 Å². The topological polar surface area (TPSA) is 17.9 Å². The van der Waals surface area contributed by atoms with Crippen LogP contribution in [0.3, 0.4) is 0 Å². The van der Waals surface area contributed by atoms with E-state index in [2.05, 4.69) is 474 Å². The van der Waals surface area contributed by atoms with Crippen molar-refractivity contribution in [1.29, 1.82) is 0 Å². The largest absolute Gasteiger partial charge is 0.310 e. The molecule has 5 heteroatoms. The summed E-state index contributed by atoms with van der Waals surface area (Å²) in [5.74, 6) is 0. The van der Waals surface area contributed by atoms with E-state index >= 15 is 0 Å². The zero-order valence-corrected chi connectivity index (χ0v) is 68.3. The Morgan fingerprint density at radius 2 is 0.403 bits per heavy atom. The van der Waals surface area contributed by atoms with Crippen LogP contribution in [0.5, 0.6) is 0 Å². The molecule has 4 aliphatic carbocycles. The van der Waals surface area contributed by atoms with E-state index in [1.54, 1.807) is 0 Å². The van der Waals surface area contributed by atoms with Gasteiger partial charge in [-0.25, -0.2) is 0 Å². The summed E-state index contributed by atoms with van der Waals surface area (Å²) < 4.78 is 2.51. The van der Waals surface area contributed by atoms with Crippen molar-refractivity contribution in [3.05, 3.63) is 439 Å². The van der Waals surface area contributed by atoms with Crippen LogP contribution in [-0.4, -0.2) is 4.57 Å². The maximum Gasteiger partial charge on any atom is 0.0547 e. The molecular weight excluding hydrogens is 1440 g/mol. The average Bonchev–Trinajstić information content (AvgIpc) is 1.62. The summed E-state index contributed by atoms with van der Waals surface area (Å²) >= 11 is 0. The molecule has 0 unspecified atom stereocenters. The summed E-state index contributed by atoms with van der Waals surface area (Å²) in [6.45, 7) is 19.1. The number of para-hydroxylation sites is 5. The number of nitrogens with zero attached hydrogens (tertiary/aromatic N) is 5. The summed E-state index contributed by atoms with van der Waals surface area (Å²) in [6.07, 6.45) is 0. The number of aromatic nitrogens is 1. The molecule has 119 heavy (non-hydrogen) atoms. The van der Waals surface area contributed by atoms with Crippen LogP contribution in [0.4, 0.5) is 68.2 Å². The zero-order chi connectivity index (χ0) is 80.2. The fourth-order valence-electron chi connectivity index (χ4n) is 20.7. The number of benzene rings is 17. The van der Waals surface area contributed by atoms with Gasteiger partial charge in [-0.15, -0.1) is 0 Å². The monoisotopic (exact) mass is 1530 g/mol. The molecule has 0 saturated carbocycles. The minimum Gasteiger partial charge on any atom is -0.310 e. The summed E-state index contributed by atoms with van der Waals surface area (Å²) in [4.78, 5) is 9.92. The van der Waals surface area contributed by atoms with Gasteiger partial charge in [0.05, 0.1) is 11.0 Å². The minimum absolute atomic E-state index is 0.222. The lowest BCUT2D eigenvalue weighted by Gasteiger charge is -2.32. The molecule has 0 bridgehead atoms. The zero-order valence-electron chi connectivity index (χ0n) is 68.3. The van der Waals surface area contributed by atoms with Crippen LogP contribution in [-0.2, 0) is 21.7 Å². The van der Waals surface area contributed by atoms with Crippen LogP contribution in [0.25, 0.3) is 94.3 Å². The Kier molecular flexibility index (Phi) is 16.3. The molecule has 0 atom stereocenters. The van der Waals surface area contributed by atoms with Crippen LogP contribution in [0.2, 0.25) is 0 Å². The molecule has 22 rings (SSSR count). The van der Waals surface area contributed by atoms with E-state index in [4.69, 9.17) is 0 Å². The standard InChI is InChI=1S/C114H89N5/c1-111(2)101-46-28-24-42-91(101)95-58-52-83(70-105(95)111)115(78-32-14-9-15-33-78)87-62-76(63-88(68-87)116(79-34-16-10-17-35-79)84-53-59-96-92-43-25-29-47-102(92)112(3,4)106(96)71-84)74-50-56-99-100-57-51-75(67-110(100)119(109(99)66-74)82-40-22-13-23-41-82)77-64-89(117(80-36-18-11-19-37-80)85-54-60-97-93-44-26-30-48-103(93)113(5,6)107(97)72-85)69-90(65-77)118(81-38-20-12-21-39-81)86-55-61-98-94-45-27-31-49-104(94)114(7,8)108(98)73-86/h9-73H,1-8H3. The molecule has 570 valence electrons. The summed E-state index contributed by atoms with van der Waals surface area (Å²) in [5, 5.41) is 2.33. The van der Waals surface area contributed by atoms with Gasteiger partial charge < -0.3 is 24.2 Å². The number of rotatable bonds is 15. The lowest BCUT2D eigenvalue weighted by atomic mass is 9.82. The Morgan fingerprint density at radius 3 is 0.672 bits per heavy atom. The summed E-state index contributed by atoms with van der Waals surface area (Å²) in [7, 11) is 0. The lowest BCUT2D eigenvalue weighted by molar-refractivity contribution is 0.660. The molecule has 5 nitrogen and oxygen atoms in total. The van der Waals surface area contributed by atoms with Gasteiger partial charge in [-0.2, -0.15) is 0 Å². The molecule has 0 aliphatic heterocycles. The molecular formula is C114H89N5. The van der Waals surface area contributed by atoms with E-state index in [1.807, 2.05) is 0 Å². The molecule has 0 spiro atoms. The van der Waals surface area contributed by atoms with Gasteiger partial charge in [0.1, 0.15) is 0 Å². The smallest absolute Gasteiger partial charge is 0.0547 e. The van der Waals surface area contributed by atoms with E-state index in [0.717, 1.165) is 107 Å². The molecule has 4 aliphatic rings. The van der Waals surface area contributed by atoms with Crippen molar-refractivity contribution in [3.63, 3.8) is 0 Å². The van der Waals surface area contributed by atoms with E-state index in [1.165, 1.54) is 99.8 Å². The molecule has 1 aromatic heterocycles. The summed E-state index contributed by atoms with van der Waals surface area (Å²) in [6, 6.07) is 148. The lowest BCUT2D eigenvalue weighted by Crippen LogP contribution is -2.17. The van der Waals surface area contributed by atoms with Gasteiger partial charge in [0.15, 0.2) is 0 Å². The van der Waals surface area contributed by atoms with E-state index in [0.29, 0.717) is 0 Å². The van der Waals surface area contributed by atoms with Crippen molar-refractivity contribution in [2.45, 2.75) is 77.0 Å². The summed E-state index contributed by atoms with van der Waals surface area (Å²) in [5.41, 5.74) is 40.6. The van der Waals surface area contributed by atoms with Crippen LogP contribution in [0, 0.1) is 0 Å². The van der Waals surface area contributed by atoms with Gasteiger partial charge in [-0.3, -0.25) is 0 Å². The quantitative estimate of drug-likeness (QED) is 0.102. The van der Waals surface area contributed by atoms with Gasteiger partial charge in [-0.05, 0) is 269 Å². The first-order valence-electron chi connectivity index (χ1n) is 41.9. The van der Waals surface area contributed by atoms with Gasteiger partial charge in [0.2, 0.25) is 0 Å². The van der Waals surface area contributed by atoms with Crippen molar-refractivity contribution in [1.82, 2.24) is 4.57 Å². The maximum atomic E-state index is 2.51. The molecule has 0 saturated heterocycles. The second-order valence-corrected chi connectivity index (χ2v) is 34.9. The van der Waals surface area contributed by atoms with E-state index in [-0.39, 0.29) is 21.7 Å². The van der Waals surface area contributed by atoms with Gasteiger partial charge in [-0.1, -0.05) is 292 Å². The minimum atomic E-state index is -0.222. The third kappa shape index (κ3) is 11.3. The van der Waals surface area contributed by atoms with Crippen LogP contribution in [0.1, 0.15) is 99.9 Å². The van der Waals surface area contributed by atoms with E-state index in [9.17, 15) is 0 Å². The van der Waals surface area contributed by atoms with Gasteiger partial charge in [0.25, 0.3) is 0 Å². The molecule has 0 radical (unpaired) electrons.